The summed E-state index contributed by atoms with van der Waals surface area (Å²) in [6.45, 7) is 1.77. The topological polar surface area (TPSA) is 107 Å². The predicted molar refractivity (Wildman–Crippen MR) is 77.6 cm³/mol. The van der Waals surface area contributed by atoms with Crippen LogP contribution in [-0.4, -0.2) is 17.2 Å². The summed E-state index contributed by atoms with van der Waals surface area (Å²) in [5.41, 5.74) is 6.63. The van der Waals surface area contributed by atoms with Gasteiger partial charge < -0.3 is 20.3 Å². The van der Waals surface area contributed by atoms with Crippen LogP contribution in [0.1, 0.15) is 29.5 Å². The third kappa shape index (κ3) is 4.62. The highest BCUT2D eigenvalue weighted by atomic mass is 16.5. The summed E-state index contributed by atoms with van der Waals surface area (Å²) >= 11 is 0. The number of carbonyl (C=O) groups is 2. The average Bonchev–Trinajstić information content (AvgIpc) is 2.91. The highest BCUT2D eigenvalue weighted by Gasteiger charge is 2.18. The third-order valence-corrected chi connectivity index (χ3v) is 2.94. The summed E-state index contributed by atoms with van der Waals surface area (Å²) in [4.78, 5) is 23.0. The number of nitrogens with two attached hydrogens (primary N) is 1. The second-order valence-electron chi connectivity index (χ2n) is 4.77. The lowest BCUT2D eigenvalue weighted by Crippen LogP contribution is -2.34. The average molecular weight is 303 g/mol. The van der Waals surface area contributed by atoms with Crippen LogP contribution in [0.25, 0.3) is 0 Å². The molecular formula is C15H17N3O4. The highest BCUT2D eigenvalue weighted by molar-refractivity contribution is 5.75. The number of urea groups is 1. The maximum absolute atomic E-state index is 11.9. The van der Waals surface area contributed by atoms with Gasteiger partial charge in [-0.3, -0.25) is 4.79 Å². The van der Waals surface area contributed by atoms with E-state index in [1.54, 1.807) is 25.1 Å². The van der Waals surface area contributed by atoms with Crippen LogP contribution >= 0.6 is 0 Å². The minimum atomic E-state index is -0.701. The van der Waals surface area contributed by atoms with Gasteiger partial charge in [0.15, 0.2) is 12.4 Å². The Balaban J connectivity index is 1.94. The molecule has 116 valence electrons. The Hall–Kier alpha value is -2.83. The molecule has 0 radical (unpaired) electrons. The Kier molecular flexibility index (Phi) is 5.13. The monoisotopic (exact) mass is 303 g/mol. The van der Waals surface area contributed by atoms with Gasteiger partial charge in [-0.05, 0) is 12.5 Å². The SMILES string of the molecule is Cc1cc(COC(=O)CC(NC(N)=O)c2ccccc2)on1. The molecule has 0 fully saturated rings. The minimum absolute atomic E-state index is 0.00223. The summed E-state index contributed by atoms with van der Waals surface area (Å²) in [6.07, 6.45) is -0.0277. The van der Waals surface area contributed by atoms with Gasteiger partial charge in [-0.1, -0.05) is 35.5 Å². The number of amides is 2. The molecule has 2 aromatic rings. The Labute approximate surface area is 127 Å². The molecule has 7 nitrogen and oxygen atoms in total. The first kappa shape index (κ1) is 15.6. The van der Waals surface area contributed by atoms with Crippen molar-refractivity contribution in [3.8, 4) is 0 Å². The van der Waals surface area contributed by atoms with Crippen molar-refractivity contribution in [2.24, 2.45) is 5.73 Å². The maximum Gasteiger partial charge on any atom is 0.312 e. The van der Waals surface area contributed by atoms with Gasteiger partial charge in [0.05, 0.1) is 18.2 Å². The van der Waals surface area contributed by atoms with E-state index >= 15 is 0 Å². The highest BCUT2D eigenvalue weighted by Crippen LogP contribution is 2.17. The molecule has 0 saturated carbocycles. The number of carbonyl (C=O) groups excluding carboxylic acids is 2. The number of nitrogens with one attached hydrogen (secondary N) is 1. The zero-order valence-electron chi connectivity index (χ0n) is 12.1. The molecule has 0 saturated heterocycles. The van der Waals surface area contributed by atoms with Crippen LogP contribution in [0.15, 0.2) is 40.9 Å². The molecule has 1 heterocycles. The van der Waals surface area contributed by atoms with Gasteiger partial charge in [-0.15, -0.1) is 0 Å². The lowest BCUT2D eigenvalue weighted by atomic mass is 10.0. The molecule has 0 aliphatic carbocycles. The van der Waals surface area contributed by atoms with Gasteiger partial charge in [0.25, 0.3) is 0 Å². The van der Waals surface area contributed by atoms with Crippen LogP contribution in [0.4, 0.5) is 4.79 Å². The number of ether oxygens (including phenoxy) is 1. The molecule has 7 heteroatoms. The first-order valence-electron chi connectivity index (χ1n) is 6.73. The first-order chi connectivity index (χ1) is 10.5. The van der Waals surface area contributed by atoms with Gasteiger partial charge in [-0.25, -0.2) is 4.79 Å². The van der Waals surface area contributed by atoms with Crippen molar-refractivity contribution >= 4 is 12.0 Å². The van der Waals surface area contributed by atoms with Crippen molar-refractivity contribution < 1.29 is 18.8 Å². The number of hydrogen-bond acceptors (Lipinski definition) is 5. The normalized spacial score (nSPS) is 11.7. The molecule has 22 heavy (non-hydrogen) atoms. The fraction of sp³-hybridized carbons (Fsp3) is 0.267. The van der Waals surface area contributed by atoms with Crippen molar-refractivity contribution in [3.05, 3.63) is 53.4 Å². The Morgan fingerprint density at radius 2 is 2.09 bits per heavy atom. The van der Waals surface area contributed by atoms with E-state index in [0.717, 1.165) is 5.56 Å². The number of esters is 1. The van der Waals surface area contributed by atoms with Crippen LogP contribution in [-0.2, 0) is 16.1 Å². The standard InChI is InChI=1S/C15H17N3O4/c1-10-7-12(22-18-10)9-21-14(19)8-13(17-15(16)20)11-5-3-2-4-6-11/h2-7,13H,8-9H2,1H3,(H3,16,17,20). The molecular weight excluding hydrogens is 286 g/mol. The summed E-state index contributed by atoms with van der Waals surface area (Å²) < 4.78 is 10.1. The van der Waals surface area contributed by atoms with E-state index < -0.39 is 18.0 Å². The number of nitrogens with zero attached hydrogens (tertiary/aromatic N) is 1. The summed E-state index contributed by atoms with van der Waals surface area (Å²) in [5.74, 6) is -0.0124. The fourth-order valence-electron chi connectivity index (χ4n) is 1.97. The Bertz CT molecular complexity index is 639. The largest absolute Gasteiger partial charge is 0.457 e. The molecule has 1 aromatic heterocycles. The molecule has 0 spiro atoms. The molecule has 1 atom stereocenters. The van der Waals surface area contributed by atoms with E-state index in [0.29, 0.717) is 11.5 Å². The quantitative estimate of drug-likeness (QED) is 0.791. The summed E-state index contributed by atoms with van der Waals surface area (Å²) in [6, 6.07) is 9.51. The smallest absolute Gasteiger partial charge is 0.312 e. The molecule has 1 aromatic carbocycles. The predicted octanol–water partition coefficient (Wildman–Crippen LogP) is 1.83. The number of aryl methyl sites for hydroxylation is 1. The van der Waals surface area contributed by atoms with Crippen LogP contribution in [0.3, 0.4) is 0 Å². The third-order valence-electron chi connectivity index (χ3n) is 2.94. The van der Waals surface area contributed by atoms with Gasteiger partial charge in [-0.2, -0.15) is 0 Å². The number of benzene rings is 1. The van der Waals surface area contributed by atoms with E-state index in [4.69, 9.17) is 15.0 Å². The second-order valence-corrected chi connectivity index (χ2v) is 4.77. The van der Waals surface area contributed by atoms with E-state index in [-0.39, 0.29) is 13.0 Å². The number of aromatic nitrogens is 1. The van der Waals surface area contributed by atoms with Gasteiger partial charge in [0.1, 0.15) is 0 Å². The number of primary amides is 1. The molecule has 0 bridgehead atoms. The molecule has 0 aliphatic rings. The second kappa shape index (κ2) is 7.26. The summed E-state index contributed by atoms with van der Waals surface area (Å²) in [7, 11) is 0. The summed E-state index contributed by atoms with van der Waals surface area (Å²) in [5, 5.41) is 6.23. The van der Waals surface area contributed by atoms with Crippen molar-refractivity contribution in [1.82, 2.24) is 10.5 Å². The molecule has 2 rings (SSSR count). The molecule has 1 unspecified atom stereocenters. The van der Waals surface area contributed by atoms with Crippen LogP contribution in [0.2, 0.25) is 0 Å². The minimum Gasteiger partial charge on any atom is -0.457 e. The Morgan fingerprint density at radius 1 is 1.36 bits per heavy atom. The van der Waals surface area contributed by atoms with Crippen LogP contribution in [0, 0.1) is 6.92 Å². The molecule has 0 aliphatic heterocycles. The van der Waals surface area contributed by atoms with Crippen molar-refractivity contribution in [2.75, 3.05) is 0 Å². The lowest BCUT2D eigenvalue weighted by molar-refractivity contribution is -0.146. The van der Waals surface area contributed by atoms with E-state index in [1.807, 2.05) is 18.2 Å². The van der Waals surface area contributed by atoms with Gasteiger partial charge in [0, 0.05) is 6.07 Å². The van der Waals surface area contributed by atoms with Crippen molar-refractivity contribution in [1.29, 1.82) is 0 Å². The number of rotatable bonds is 6. The Morgan fingerprint density at radius 3 is 2.68 bits per heavy atom. The van der Waals surface area contributed by atoms with E-state index in [9.17, 15) is 9.59 Å². The van der Waals surface area contributed by atoms with Crippen LogP contribution in [0.5, 0.6) is 0 Å². The lowest BCUT2D eigenvalue weighted by Gasteiger charge is -2.17. The molecule has 3 N–H and O–H groups in total. The van der Waals surface area contributed by atoms with Gasteiger partial charge in [0.2, 0.25) is 0 Å². The zero-order valence-corrected chi connectivity index (χ0v) is 12.1. The van der Waals surface area contributed by atoms with E-state index in [2.05, 4.69) is 10.5 Å². The maximum atomic E-state index is 11.9. The van der Waals surface area contributed by atoms with Crippen molar-refractivity contribution in [2.45, 2.75) is 26.0 Å². The first-order valence-corrected chi connectivity index (χ1v) is 6.73. The van der Waals surface area contributed by atoms with Crippen molar-refractivity contribution in [3.63, 3.8) is 0 Å². The molecule has 2 amide bonds. The van der Waals surface area contributed by atoms with Gasteiger partial charge >= 0.3 is 12.0 Å². The number of hydrogen-bond donors (Lipinski definition) is 2. The van der Waals surface area contributed by atoms with E-state index in [1.165, 1.54) is 0 Å². The van der Waals surface area contributed by atoms with Crippen LogP contribution < -0.4 is 11.1 Å². The fourth-order valence-corrected chi connectivity index (χ4v) is 1.97. The zero-order chi connectivity index (χ0) is 15.9.